The first-order chi connectivity index (χ1) is 26.3. The largest absolute Gasteiger partial charge is 0.480 e. The van der Waals surface area contributed by atoms with Crippen LogP contribution in [0.5, 0.6) is 0 Å². The molecule has 4 N–H and O–H groups in total. The van der Waals surface area contributed by atoms with E-state index in [2.05, 4.69) is 73.1 Å². The van der Waals surface area contributed by atoms with Crippen molar-refractivity contribution in [1.29, 1.82) is 0 Å². The van der Waals surface area contributed by atoms with Gasteiger partial charge < -0.3 is 25.6 Å². The fourth-order valence-corrected chi connectivity index (χ4v) is 6.06. The first kappa shape index (κ1) is 50.8. The summed E-state index contributed by atoms with van der Waals surface area (Å²) in [5.74, 6) is -2.31. The number of aliphatic hydroxyl groups is 1. The summed E-state index contributed by atoms with van der Waals surface area (Å²) in [6, 6.07) is -1.38. The molecule has 0 saturated carbocycles. The van der Waals surface area contributed by atoms with E-state index in [4.69, 9.17) is 14.9 Å². The molecule has 2 amide bonds. The van der Waals surface area contributed by atoms with E-state index in [1.807, 2.05) is 0 Å². The summed E-state index contributed by atoms with van der Waals surface area (Å²) in [6.07, 6.45) is 45.7. The number of hydrogen-bond acceptors (Lipinski definition) is 6. The van der Waals surface area contributed by atoms with Crippen LogP contribution in [0.2, 0.25) is 0 Å². The molecule has 0 aromatic carbocycles. The number of carboxylic acids is 1. The van der Waals surface area contributed by atoms with Crippen molar-refractivity contribution in [2.24, 2.45) is 0 Å². The minimum Gasteiger partial charge on any atom is -0.480 e. The molecule has 0 aromatic heterocycles. The molecular formula is C45H78N2O7. The second kappa shape index (κ2) is 39.5. The van der Waals surface area contributed by atoms with Crippen LogP contribution in [0.15, 0.2) is 48.6 Å². The van der Waals surface area contributed by atoms with Gasteiger partial charge in [0.1, 0.15) is 12.1 Å². The van der Waals surface area contributed by atoms with Gasteiger partial charge in [0.05, 0.1) is 13.2 Å². The molecule has 0 heterocycles. The van der Waals surface area contributed by atoms with Gasteiger partial charge in [0.2, 0.25) is 11.8 Å². The third-order valence-corrected chi connectivity index (χ3v) is 9.34. The van der Waals surface area contributed by atoms with E-state index in [0.29, 0.717) is 19.3 Å². The average Bonchev–Trinajstić information content (AvgIpc) is 3.15. The fourth-order valence-electron chi connectivity index (χ4n) is 6.06. The third-order valence-electron chi connectivity index (χ3n) is 9.34. The highest BCUT2D eigenvalue weighted by atomic mass is 16.5. The Bertz CT molecular complexity index is 1050. The fraction of sp³-hybridized carbons (Fsp3) is 0.733. The Morgan fingerprint density at radius 3 is 1.59 bits per heavy atom. The summed E-state index contributed by atoms with van der Waals surface area (Å²) in [4.78, 5) is 47.5. The van der Waals surface area contributed by atoms with Gasteiger partial charge in [0, 0.05) is 12.8 Å². The quantitative estimate of drug-likeness (QED) is 0.0279. The van der Waals surface area contributed by atoms with Crippen molar-refractivity contribution in [3.8, 4) is 0 Å². The molecule has 0 aliphatic rings. The van der Waals surface area contributed by atoms with E-state index in [9.17, 15) is 19.2 Å². The van der Waals surface area contributed by atoms with Crippen LogP contribution in [0.25, 0.3) is 0 Å². The van der Waals surface area contributed by atoms with Gasteiger partial charge in [-0.15, -0.1) is 0 Å². The normalized spacial score (nSPS) is 12.9. The molecule has 0 spiro atoms. The van der Waals surface area contributed by atoms with Crippen LogP contribution in [-0.4, -0.2) is 59.3 Å². The summed E-state index contributed by atoms with van der Waals surface area (Å²) < 4.78 is 5.99. The standard InChI is InChI=1S/C45H78N2O7/c1-3-5-7-9-11-12-13-14-15-16-17-18-19-20-21-22-24-29-33-37-44(51)54-40(34-30-26-23-10-8-6-4-2)35-31-27-25-28-32-36-42(49)46-38-43(50)47-41(39-48)45(52)53/h5,7,11-12,14-15,17-18,40-41,48H,3-4,6,8-10,13,16,19-39H2,1-2H3,(H,46,49)(H,47,50)(H,52,53)/b7-5-,12-11-,15-14-,18-17-. The SMILES string of the molecule is CC/C=C\C/C=C\C/C=C\C/C=C\CCCCCCCCC(=O)OC(CCCCCCCCC)CCCCCCCC(=O)NCC(=O)NC(CO)C(=O)O. The van der Waals surface area contributed by atoms with E-state index in [1.165, 1.54) is 57.8 Å². The number of amides is 2. The molecule has 0 radical (unpaired) electrons. The zero-order valence-electron chi connectivity index (χ0n) is 34.2. The van der Waals surface area contributed by atoms with Crippen LogP contribution in [0, 0.1) is 0 Å². The van der Waals surface area contributed by atoms with Crippen LogP contribution in [0.3, 0.4) is 0 Å². The summed E-state index contributed by atoms with van der Waals surface area (Å²) in [6.45, 7) is 3.35. The monoisotopic (exact) mass is 759 g/mol. The molecule has 2 unspecified atom stereocenters. The number of nitrogens with one attached hydrogen (secondary N) is 2. The summed E-state index contributed by atoms with van der Waals surface area (Å²) >= 11 is 0. The maximum Gasteiger partial charge on any atom is 0.328 e. The Morgan fingerprint density at radius 1 is 0.574 bits per heavy atom. The zero-order chi connectivity index (χ0) is 39.7. The van der Waals surface area contributed by atoms with Gasteiger partial charge in [0.15, 0.2) is 0 Å². The van der Waals surface area contributed by atoms with Crippen LogP contribution in [0.4, 0.5) is 0 Å². The van der Waals surface area contributed by atoms with E-state index in [-0.39, 0.29) is 24.5 Å². The van der Waals surface area contributed by atoms with E-state index in [0.717, 1.165) is 96.3 Å². The summed E-state index contributed by atoms with van der Waals surface area (Å²) in [7, 11) is 0. The van der Waals surface area contributed by atoms with Crippen molar-refractivity contribution in [2.75, 3.05) is 13.2 Å². The maximum absolute atomic E-state index is 12.7. The molecule has 0 saturated heterocycles. The highest BCUT2D eigenvalue weighted by Gasteiger charge is 2.19. The van der Waals surface area contributed by atoms with Crippen molar-refractivity contribution in [2.45, 2.75) is 199 Å². The Morgan fingerprint density at radius 2 is 1.06 bits per heavy atom. The number of allylic oxidation sites excluding steroid dienone is 8. The van der Waals surface area contributed by atoms with Crippen molar-refractivity contribution >= 4 is 23.8 Å². The van der Waals surface area contributed by atoms with E-state index in [1.54, 1.807) is 0 Å². The van der Waals surface area contributed by atoms with Gasteiger partial charge in [-0.2, -0.15) is 0 Å². The van der Waals surface area contributed by atoms with Gasteiger partial charge in [-0.1, -0.05) is 146 Å². The van der Waals surface area contributed by atoms with Gasteiger partial charge in [-0.05, 0) is 77.0 Å². The van der Waals surface area contributed by atoms with Gasteiger partial charge in [-0.25, -0.2) is 4.79 Å². The zero-order valence-corrected chi connectivity index (χ0v) is 34.2. The highest BCUT2D eigenvalue weighted by molar-refractivity contribution is 5.87. The molecule has 0 aromatic rings. The predicted octanol–water partition coefficient (Wildman–Crippen LogP) is 10.4. The average molecular weight is 759 g/mol. The van der Waals surface area contributed by atoms with Crippen LogP contribution < -0.4 is 10.6 Å². The van der Waals surface area contributed by atoms with Crippen LogP contribution in [0.1, 0.15) is 187 Å². The molecule has 0 aliphatic carbocycles. The maximum atomic E-state index is 12.7. The van der Waals surface area contributed by atoms with Crippen molar-refractivity contribution in [3.05, 3.63) is 48.6 Å². The lowest BCUT2D eigenvalue weighted by molar-refractivity contribution is -0.150. The number of ether oxygens (including phenoxy) is 1. The molecule has 310 valence electrons. The lowest BCUT2D eigenvalue weighted by Gasteiger charge is -2.18. The number of esters is 1. The minimum absolute atomic E-state index is 0.0185. The number of carbonyl (C=O) groups is 4. The summed E-state index contributed by atoms with van der Waals surface area (Å²) in [5, 5.41) is 22.5. The Labute approximate surface area is 328 Å². The lowest BCUT2D eigenvalue weighted by atomic mass is 10.0. The van der Waals surface area contributed by atoms with Crippen molar-refractivity contribution < 1.29 is 34.1 Å². The van der Waals surface area contributed by atoms with Gasteiger partial charge >= 0.3 is 11.9 Å². The van der Waals surface area contributed by atoms with Gasteiger partial charge in [0.25, 0.3) is 0 Å². The molecule has 2 atom stereocenters. The number of unbranched alkanes of at least 4 members (excludes halogenated alkanes) is 16. The van der Waals surface area contributed by atoms with Gasteiger partial charge in [-0.3, -0.25) is 14.4 Å². The Kier molecular flexibility index (Phi) is 37.2. The van der Waals surface area contributed by atoms with E-state index < -0.39 is 24.5 Å². The topological polar surface area (TPSA) is 142 Å². The Balaban J connectivity index is 4.17. The second-order valence-electron chi connectivity index (χ2n) is 14.4. The van der Waals surface area contributed by atoms with E-state index >= 15 is 0 Å². The molecule has 9 nitrogen and oxygen atoms in total. The second-order valence-corrected chi connectivity index (χ2v) is 14.4. The summed E-state index contributed by atoms with van der Waals surface area (Å²) in [5.41, 5.74) is 0. The molecule has 0 aliphatic heterocycles. The third kappa shape index (κ3) is 35.8. The minimum atomic E-state index is -1.38. The number of carbonyl (C=O) groups excluding carboxylic acids is 3. The van der Waals surface area contributed by atoms with Crippen LogP contribution >= 0.6 is 0 Å². The number of aliphatic hydroxyl groups excluding tert-OH is 1. The molecular weight excluding hydrogens is 681 g/mol. The number of hydrogen-bond donors (Lipinski definition) is 4. The predicted molar refractivity (Wildman–Crippen MR) is 222 cm³/mol. The highest BCUT2D eigenvalue weighted by Crippen LogP contribution is 2.18. The first-order valence-electron chi connectivity index (χ1n) is 21.5. The molecule has 54 heavy (non-hydrogen) atoms. The molecule has 0 fully saturated rings. The Hall–Kier alpha value is -3.20. The number of rotatable bonds is 38. The van der Waals surface area contributed by atoms with Crippen LogP contribution in [-0.2, 0) is 23.9 Å². The molecule has 0 bridgehead atoms. The molecule has 0 rings (SSSR count). The van der Waals surface area contributed by atoms with Crippen molar-refractivity contribution in [3.63, 3.8) is 0 Å². The number of carboxylic acid groups (broad SMARTS) is 1. The molecule has 9 heteroatoms. The number of aliphatic carboxylic acids is 1. The van der Waals surface area contributed by atoms with Crippen molar-refractivity contribution in [1.82, 2.24) is 10.6 Å². The lowest BCUT2D eigenvalue weighted by Crippen LogP contribution is -2.47. The smallest absolute Gasteiger partial charge is 0.328 e. The first-order valence-corrected chi connectivity index (χ1v) is 21.5.